The van der Waals surface area contributed by atoms with Crippen LogP contribution in [0.3, 0.4) is 0 Å². The zero-order valence-corrected chi connectivity index (χ0v) is 13.3. The van der Waals surface area contributed by atoms with Crippen LogP contribution < -0.4 is 5.73 Å². The monoisotopic (exact) mass is 299 g/mol. The minimum Gasteiger partial charge on any atom is -0.477 e. The number of nitrogen functional groups attached to an aromatic ring is 1. The second-order valence-electron chi connectivity index (χ2n) is 6.63. The molecule has 0 aliphatic heterocycles. The van der Waals surface area contributed by atoms with Gasteiger partial charge in [0.25, 0.3) is 0 Å². The molecule has 1 heterocycles. The Morgan fingerprint density at radius 2 is 1.77 bits per heavy atom. The molecule has 0 spiro atoms. The number of aromatic carboxylic acids is 1. The lowest BCUT2D eigenvalue weighted by molar-refractivity contribution is 0.0696. The summed E-state index contributed by atoms with van der Waals surface area (Å²) in [5, 5.41) is 9.09. The van der Waals surface area contributed by atoms with E-state index in [9.17, 15) is 4.79 Å². The van der Waals surface area contributed by atoms with E-state index in [1.54, 1.807) is 6.92 Å². The van der Waals surface area contributed by atoms with Gasteiger partial charge in [0.2, 0.25) is 0 Å². The van der Waals surface area contributed by atoms with Gasteiger partial charge in [-0.3, -0.25) is 0 Å². The second kappa shape index (κ2) is 5.75. The first kappa shape index (κ1) is 15.9. The van der Waals surface area contributed by atoms with Crippen LogP contribution in [0.2, 0.25) is 0 Å². The Morgan fingerprint density at radius 3 is 2.23 bits per heavy atom. The molecule has 1 aromatic heterocycles. The van der Waals surface area contributed by atoms with Crippen molar-refractivity contribution in [3.05, 3.63) is 41.1 Å². The summed E-state index contributed by atoms with van der Waals surface area (Å²) in [7, 11) is 0. The van der Waals surface area contributed by atoms with Gasteiger partial charge in [0.1, 0.15) is 11.4 Å². The molecule has 2 rings (SSSR count). The largest absolute Gasteiger partial charge is 0.477 e. The number of aryl methyl sites for hydroxylation is 1. The van der Waals surface area contributed by atoms with Crippen molar-refractivity contribution in [2.24, 2.45) is 5.41 Å². The first-order valence-electron chi connectivity index (χ1n) is 7.14. The van der Waals surface area contributed by atoms with Crippen molar-refractivity contribution in [2.45, 2.75) is 34.1 Å². The Bertz CT molecular complexity index is 678. The summed E-state index contributed by atoms with van der Waals surface area (Å²) in [5.74, 6) is -0.668. The van der Waals surface area contributed by atoms with Crippen LogP contribution >= 0.6 is 0 Å². The number of benzene rings is 1. The normalized spacial score (nSPS) is 11.5. The molecule has 0 radical (unpaired) electrons. The molecule has 0 atom stereocenters. The van der Waals surface area contributed by atoms with Crippen LogP contribution in [0.5, 0.6) is 0 Å². The van der Waals surface area contributed by atoms with Gasteiger partial charge in [0, 0.05) is 5.56 Å². The highest BCUT2D eigenvalue weighted by molar-refractivity contribution is 5.94. The van der Waals surface area contributed by atoms with E-state index in [0.717, 1.165) is 12.0 Å². The highest BCUT2D eigenvalue weighted by atomic mass is 16.4. The van der Waals surface area contributed by atoms with Gasteiger partial charge in [-0.1, -0.05) is 45.0 Å². The third-order valence-corrected chi connectivity index (χ3v) is 3.28. The van der Waals surface area contributed by atoms with Crippen molar-refractivity contribution in [3.63, 3.8) is 0 Å². The molecule has 0 aliphatic carbocycles. The van der Waals surface area contributed by atoms with Crippen molar-refractivity contribution < 1.29 is 9.90 Å². The highest BCUT2D eigenvalue weighted by Crippen LogP contribution is 2.24. The molecule has 1 aromatic carbocycles. The van der Waals surface area contributed by atoms with Gasteiger partial charge in [-0.2, -0.15) is 0 Å². The standard InChI is InChI=1S/C17H21N3O2/c1-10-13(16(21)22)14(18)20-15(19-10)12-7-5-11(6-8-12)9-17(2,3)4/h5-8H,9H2,1-4H3,(H,21,22)(H2,18,19,20). The Hall–Kier alpha value is -2.43. The maximum absolute atomic E-state index is 11.1. The average Bonchev–Trinajstić information content (AvgIpc) is 2.36. The fourth-order valence-electron chi connectivity index (χ4n) is 2.37. The third kappa shape index (κ3) is 3.61. The predicted molar refractivity (Wildman–Crippen MR) is 86.7 cm³/mol. The van der Waals surface area contributed by atoms with Crippen LogP contribution in [0.25, 0.3) is 11.4 Å². The molecule has 0 amide bonds. The van der Waals surface area contributed by atoms with Gasteiger partial charge in [0.15, 0.2) is 5.82 Å². The number of hydrogen-bond acceptors (Lipinski definition) is 4. The van der Waals surface area contributed by atoms with Gasteiger partial charge < -0.3 is 10.8 Å². The molecule has 3 N–H and O–H groups in total. The summed E-state index contributed by atoms with van der Waals surface area (Å²) in [6, 6.07) is 7.96. The number of carbonyl (C=O) groups is 1. The van der Waals surface area contributed by atoms with E-state index in [4.69, 9.17) is 10.8 Å². The summed E-state index contributed by atoms with van der Waals surface area (Å²) in [6.45, 7) is 8.20. The zero-order chi connectivity index (χ0) is 16.5. The Labute approximate surface area is 130 Å². The SMILES string of the molecule is Cc1nc(-c2ccc(CC(C)(C)C)cc2)nc(N)c1C(=O)O. The second-order valence-corrected chi connectivity index (χ2v) is 6.63. The molecule has 5 heteroatoms. The molecule has 116 valence electrons. The van der Waals surface area contributed by atoms with Crippen molar-refractivity contribution in [3.8, 4) is 11.4 Å². The van der Waals surface area contributed by atoms with Crippen molar-refractivity contribution >= 4 is 11.8 Å². The number of rotatable bonds is 3. The number of nitrogens with two attached hydrogens (primary N) is 1. The molecule has 0 bridgehead atoms. The highest BCUT2D eigenvalue weighted by Gasteiger charge is 2.17. The Morgan fingerprint density at radius 1 is 1.18 bits per heavy atom. The molecular weight excluding hydrogens is 278 g/mol. The van der Waals surface area contributed by atoms with Gasteiger partial charge in [-0.15, -0.1) is 0 Å². The molecule has 0 saturated heterocycles. The van der Waals surface area contributed by atoms with E-state index in [1.807, 2.05) is 24.3 Å². The van der Waals surface area contributed by atoms with E-state index in [2.05, 4.69) is 30.7 Å². The number of nitrogens with zero attached hydrogens (tertiary/aromatic N) is 2. The number of aromatic nitrogens is 2. The molecule has 0 saturated carbocycles. The molecule has 0 aliphatic rings. The lowest BCUT2D eigenvalue weighted by Gasteiger charge is -2.18. The topological polar surface area (TPSA) is 89.1 Å². The van der Waals surface area contributed by atoms with Crippen LogP contribution in [0.15, 0.2) is 24.3 Å². The zero-order valence-electron chi connectivity index (χ0n) is 13.3. The molecular formula is C17H21N3O2. The smallest absolute Gasteiger partial charge is 0.341 e. The quantitative estimate of drug-likeness (QED) is 0.907. The van der Waals surface area contributed by atoms with Gasteiger partial charge in [-0.05, 0) is 24.3 Å². The Kier molecular flexibility index (Phi) is 4.17. The molecule has 0 fully saturated rings. The number of carboxylic acid groups (broad SMARTS) is 1. The lowest BCUT2D eigenvalue weighted by Crippen LogP contribution is -2.10. The molecule has 22 heavy (non-hydrogen) atoms. The third-order valence-electron chi connectivity index (χ3n) is 3.28. The predicted octanol–water partition coefficient (Wildman–Crippen LogP) is 3.32. The lowest BCUT2D eigenvalue weighted by atomic mass is 9.88. The van der Waals surface area contributed by atoms with E-state index < -0.39 is 5.97 Å². The first-order valence-corrected chi connectivity index (χ1v) is 7.14. The average molecular weight is 299 g/mol. The molecule has 0 unspecified atom stereocenters. The number of anilines is 1. The summed E-state index contributed by atoms with van der Waals surface area (Å²) >= 11 is 0. The van der Waals surface area contributed by atoms with Crippen LogP contribution in [-0.2, 0) is 6.42 Å². The van der Waals surface area contributed by atoms with E-state index in [0.29, 0.717) is 11.5 Å². The van der Waals surface area contributed by atoms with Gasteiger partial charge >= 0.3 is 5.97 Å². The van der Waals surface area contributed by atoms with Crippen molar-refractivity contribution in [1.29, 1.82) is 0 Å². The molecule has 2 aromatic rings. The number of carboxylic acids is 1. The summed E-state index contributed by atoms with van der Waals surface area (Å²) in [4.78, 5) is 19.5. The maximum Gasteiger partial charge on any atom is 0.341 e. The Balaban J connectivity index is 2.35. The molecule has 5 nitrogen and oxygen atoms in total. The minimum atomic E-state index is -1.11. The van der Waals surface area contributed by atoms with Gasteiger partial charge in [-0.25, -0.2) is 14.8 Å². The van der Waals surface area contributed by atoms with Gasteiger partial charge in [0.05, 0.1) is 5.69 Å². The van der Waals surface area contributed by atoms with Crippen LogP contribution in [-0.4, -0.2) is 21.0 Å². The summed E-state index contributed by atoms with van der Waals surface area (Å²) in [6.07, 6.45) is 0.979. The maximum atomic E-state index is 11.1. The fourth-order valence-corrected chi connectivity index (χ4v) is 2.37. The van der Waals surface area contributed by atoms with E-state index >= 15 is 0 Å². The van der Waals surface area contributed by atoms with Crippen molar-refractivity contribution in [2.75, 3.05) is 5.73 Å². The number of hydrogen-bond donors (Lipinski definition) is 2. The minimum absolute atomic E-state index is 0.00577. The van der Waals surface area contributed by atoms with Crippen LogP contribution in [0.4, 0.5) is 5.82 Å². The van der Waals surface area contributed by atoms with Crippen molar-refractivity contribution in [1.82, 2.24) is 9.97 Å². The first-order chi connectivity index (χ1) is 10.2. The van der Waals surface area contributed by atoms with E-state index in [1.165, 1.54) is 5.56 Å². The fraction of sp³-hybridized carbons (Fsp3) is 0.353. The van der Waals surface area contributed by atoms with E-state index in [-0.39, 0.29) is 16.8 Å². The van der Waals surface area contributed by atoms with Crippen LogP contribution in [0.1, 0.15) is 42.4 Å². The summed E-state index contributed by atoms with van der Waals surface area (Å²) in [5.41, 5.74) is 8.36. The van der Waals surface area contributed by atoms with Crippen LogP contribution in [0, 0.1) is 12.3 Å². The summed E-state index contributed by atoms with van der Waals surface area (Å²) < 4.78 is 0.